The van der Waals surface area contributed by atoms with Gasteiger partial charge in [0.2, 0.25) is 0 Å². The Morgan fingerprint density at radius 2 is 1.62 bits per heavy atom. The Balaban J connectivity index is 1.37. The summed E-state index contributed by atoms with van der Waals surface area (Å²) in [4.78, 5) is 13.2. The molecule has 0 spiro atoms. The van der Waals surface area contributed by atoms with Crippen molar-refractivity contribution in [3.63, 3.8) is 0 Å². The first kappa shape index (κ1) is 18.9. The van der Waals surface area contributed by atoms with Crippen molar-refractivity contribution in [1.82, 2.24) is 9.88 Å². The van der Waals surface area contributed by atoms with Gasteiger partial charge in [0.15, 0.2) is 0 Å². The molecule has 4 saturated carbocycles. The van der Waals surface area contributed by atoms with E-state index in [0.717, 1.165) is 40.4 Å². The largest absolute Gasteiger partial charge is 0.349 e. The number of aromatic nitrogens is 1. The van der Waals surface area contributed by atoms with E-state index in [4.69, 9.17) is 0 Å². The molecule has 0 radical (unpaired) electrons. The van der Waals surface area contributed by atoms with Gasteiger partial charge >= 0.3 is 0 Å². The van der Waals surface area contributed by atoms with Gasteiger partial charge in [-0.3, -0.25) is 4.79 Å². The number of hydrogen-bond donors (Lipinski definition) is 1. The van der Waals surface area contributed by atoms with Crippen molar-refractivity contribution in [2.75, 3.05) is 0 Å². The summed E-state index contributed by atoms with van der Waals surface area (Å²) in [6, 6.07) is 8.61. The lowest BCUT2D eigenvalue weighted by molar-refractivity contribution is -0.0688. The third kappa shape index (κ3) is 3.12. The standard InChI is InChI=1S/C25H31FN2O/c1-15-8-23(16(2)28(15)22-6-4-21(26)5-7-22)24(29)27-17(3)25-12-18-9-19(13-25)11-20(10-18)14-25/h4-8,17-20H,9-14H2,1-3H3,(H,27,29)/t17-,18?,19?,20?,25?/m0/s1. The molecule has 6 rings (SSSR count). The van der Waals surface area contributed by atoms with Gasteiger partial charge in [0.25, 0.3) is 5.91 Å². The van der Waals surface area contributed by atoms with Crippen LogP contribution in [-0.4, -0.2) is 16.5 Å². The number of amides is 1. The highest BCUT2D eigenvalue weighted by Gasteiger charge is 2.53. The lowest BCUT2D eigenvalue weighted by Gasteiger charge is -2.59. The van der Waals surface area contributed by atoms with Crippen LogP contribution in [0.5, 0.6) is 0 Å². The van der Waals surface area contributed by atoms with E-state index in [2.05, 4.69) is 12.2 Å². The fourth-order valence-corrected chi connectivity index (χ4v) is 7.12. The Labute approximate surface area is 172 Å². The number of hydrogen-bond acceptors (Lipinski definition) is 1. The Hall–Kier alpha value is -2.10. The molecule has 1 aromatic carbocycles. The SMILES string of the molecule is Cc1cc(C(=O)N[C@@H](C)C23CC4CC(CC(C4)C2)C3)c(C)n1-c1ccc(F)cc1. The second kappa shape index (κ2) is 6.72. The number of aryl methyl sites for hydroxylation is 1. The van der Waals surface area contributed by atoms with Crippen LogP contribution in [0, 0.1) is 42.8 Å². The number of rotatable bonds is 4. The molecule has 4 aliphatic rings. The zero-order chi connectivity index (χ0) is 20.3. The molecule has 4 heteroatoms. The van der Waals surface area contributed by atoms with E-state index in [1.807, 2.05) is 24.5 Å². The summed E-state index contributed by atoms with van der Waals surface area (Å²) in [6.07, 6.45) is 8.11. The Bertz CT molecular complexity index is 907. The van der Waals surface area contributed by atoms with Crippen molar-refractivity contribution < 1.29 is 9.18 Å². The topological polar surface area (TPSA) is 34.0 Å². The molecule has 154 valence electrons. The van der Waals surface area contributed by atoms with E-state index in [9.17, 15) is 9.18 Å². The van der Waals surface area contributed by atoms with Crippen LogP contribution in [0.4, 0.5) is 4.39 Å². The zero-order valence-corrected chi connectivity index (χ0v) is 17.7. The number of benzene rings is 1. The van der Waals surface area contributed by atoms with Gasteiger partial charge in [-0.05, 0) is 113 Å². The van der Waals surface area contributed by atoms with Crippen molar-refractivity contribution in [1.29, 1.82) is 0 Å². The van der Waals surface area contributed by atoms with Crippen LogP contribution < -0.4 is 5.32 Å². The molecule has 0 aliphatic heterocycles. The maximum Gasteiger partial charge on any atom is 0.253 e. The summed E-state index contributed by atoms with van der Waals surface area (Å²) in [5.74, 6) is 2.41. The maximum atomic E-state index is 13.3. The summed E-state index contributed by atoms with van der Waals surface area (Å²) in [6.45, 7) is 6.19. The molecule has 4 bridgehead atoms. The monoisotopic (exact) mass is 394 g/mol. The molecule has 1 aromatic heterocycles. The fourth-order valence-electron chi connectivity index (χ4n) is 7.12. The summed E-state index contributed by atoms with van der Waals surface area (Å²) in [7, 11) is 0. The molecule has 4 fully saturated rings. The molecule has 1 heterocycles. The second-order valence-electron chi connectivity index (χ2n) is 10.1. The summed E-state index contributed by atoms with van der Waals surface area (Å²) in [5, 5.41) is 3.38. The first-order valence-corrected chi connectivity index (χ1v) is 11.1. The number of halogens is 1. The van der Waals surface area contributed by atoms with Gasteiger partial charge in [-0.1, -0.05) is 0 Å². The summed E-state index contributed by atoms with van der Waals surface area (Å²) in [5.41, 5.74) is 3.80. The lowest BCUT2D eigenvalue weighted by atomic mass is 9.48. The average Bonchev–Trinajstić information content (AvgIpc) is 2.96. The molecular formula is C25H31FN2O. The molecule has 1 atom stereocenters. The second-order valence-corrected chi connectivity index (χ2v) is 10.1. The van der Waals surface area contributed by atoms with E-state index in [1.165, 1.54) is 50.7 Å². The number of carbonyl (C=O) groups is 1. The molecule has 0 saturated heterocycles. The third-order valence-electron chi connectivity index (χ3n) is 8.11. The van der Waals surface area contributed by atoms with Crippen molar-refractivity contribution in [2.24, 2.45) is 23.2 Å². The molecule has 2 aromatic rings. The quantitative estimate of drug-likeness (QED) is 0.723. The first-order valence-electron chi connectivity index (χ1n) is 11.1. The van der Waals surface area contributed by atoms with Crippen LogP contribution in [0.2, 0.25) is 0 Å². The molecular weight excluding hydrogens is 363 g/mol. The summed E-state index contributed by atoms with van der Waals surface area (Å²) < 4.78 is 15.3. The van der Waals surface area contributed by atoms with E-state index < -0.39 is 0 Å². The van der Waals surface area contributed by atoms with Crippen LogP contribution in [0.3, 0.4) is 0 Å². The van der Waals surface area contributed by atoms with E-state index in [-0.39, 0.29) is 17.8 Å². The minimum Gasteiger partial charge on any atom is -0.349 e. The highest BCUT2D eigenvalue weighted by molar-refractivity contribution is 5.96. The predicted molar refractivity (Wildman–Crippen MR) is 113 cm³/mol. The molecule has 29 heavy (non-hydrogen) atoms. The Morgan fingerprint density at radius 3 is 2.17 bits per heavy atom. The Kier molecular flexibility index (Phi) is 4.38. The van der Waals surface area contributed by atoms with Crippen LogP contribution in [0.15, 0.2) is 30.3 Å². The van der Waals surface area contributed by atoms with E-state index >= 15 is 0 Å². The smallest absolute Gasteiger partial charge is 0.253 e. The van der Waals surface area contributed by atoms with Crippen LogP contribution in [0.25, 0.3) is 5.69 Å². The number of nitrogens with zero attached hydrogens (tertiary/aromatic N) is 1. The van der Waals surface area contributed by atoms with Gasteiger partial charge < -0.3 is 9.88 Å². The Morgan fingerprint density at radius 1 is 1.07 bits per heavy atom. The van der Waals surface area contributed by atoms with Crippen LogP contribution in [-0.2, 0) is 0 Å². The van der Waals surface area contributed by atoms with Crippen molar-refractivity contribution in [2.45, 2.75) is 65.3 Å². The van der Waals surface area contributed by atoms with Crippen LogP contribution >= 0.6 is 0 Å². The molecule has 1 N–H and O–H groups in total. The predicted octanol–water partition coefficient (Wildman–Crippen LogP) is 5.57. The van der Waals surface area contributed by atoms with Crippen molar-refractivity contribution in [3.8, 4) is 5.69 Å². The number of nitrogens with one attached hydrogen (secondary N) is 1. The van der Waals surface area contributed by atoms with Crippen molar-refractivity contribution in [3.05, 3.63) is 53.1 Å². The maximum absolute atomic E-state index is 13.3. The molecule has 4 aliphatic carbocycles. The van der Waals surface area contributed by atoms with Gasteiger partial charge in [0.05, 0.1) is 5.56 Å². The first-order chi connectivity index (χ1) is 13.8. The van der Waals surface area contributed by atoms with Gasteiger partial charge in [-0.2, -0.15) is 0 Å². The van der Waals surface area contributed by atoms with E-state index in [1.54, 1.807) is 12.1 Å². The normalized spacial score (nSPS) is 31.1. The molecule has 1 amide bonds. The molecule has 3 nitrogen and oxygen atoms in total. The van der Waals surface area contributed by atoms with Crippen molar-refractivity contribution >= 4 is 5.91 Å². The lowest BCUT2D eigenvalue weighted by Crippen LogP contribution is -2.55. The highest BCUT2D eigenvalue weighted by atomic mass is 19.1. The van der Waals surface area contributed by atoms with Gasteiger partial charge in [0.1, 0.15) is 5.82 Å². The molecule has 0 unspecified atom stereocenters. The highest BCUT2D eigenvalue weighted by Crippen LogP contribution is 2.61. The average molecular weight is 395 g/mol. The summed E-state index contributed by atoms with van der Waals surface area (Å²) >= 11 is 0. The minimum absolute atomic E-state index is 0.0229. The zero-order valence-electron chi connectivity index (χ0n) is 17.7. The minimum atomic E-state index is -0.251. The van der Waals surface area contributed by atoms with Gasteiger partial charge in [-0.15, -0.1) is 0 Å². The van der Waals surface area contributed by atoms with Crippen LogP contribution in [0.1, 0.15) is 67.2 Å². The van der Waals surface area contributed by atoms with Gasteiger partial charge in [0, 0.05) is 23.1 Å². The fraction of sp³-hybridized carbons (Fsp3) is 0.560. The van der Waals surface area contributed by atoms with Gasteiger partial charge in [-0.25, -0.2) is 4.39 Å². The van der Waals surface area contributed by atoms with E-state index in [0.29, 0.717) is 5.41 Å². The third-order valence-corrected chi connectivity index (χ3v) is 8.11. The number of carbonyl (C=O) groups excluding carboxylic acids is 1.